The van der Waals surface area contributed by atoms with Crippen LogP contribution in [0.5, 0.6) is 0 Å². The van der Waals surface area contributed by atoms with E-state index in [9.17, 15) is 8.42 Å². The van der Waals surface area contributed by atoms with Crippen molar-refractivity contribution in [3.8, 4) is 0 Å². The van der Waals surface area contributed by atoms with Gasteiger partial charge >= 0.3 is 0 Å². The molecule has 1 aromatic rings. The third-order valence-electron chi connectivity index (χ3n) is 2.38. The molecule has 1 rings (SSSR count). The van der Waals surface area contributed by atoms with Crippen LogP contribution in [-0.4, -0.2) is 14.2 Å². The maximum absolute atomic E-state index is 11.5. The summed E-state index contributed by atoms with van der Waals surface area (Å²) >= 11 is 5.78. The molecule has 0 heterocycles. The molecule has 0 saturated carbocycles. The van der Waals surface area contributed by atoms with E-state index in [1.807, 2.05) is 19.1 Å². The molecular weight excluding hydrogens is 246 g/mol. The molecule has 0 bridgehead atoms. The third kappa shape index (κ3) is 3.77. The molecule has 0 radical (unpaired) electrons. The van der Waals surface area contributed by atoms with Gasteiger partial charge in [0.1, 0.15) is 0 Å². The van der Waals surface area contributed by atoms with E-state index in [2.05, 4.69) is 4.72 Å². The summed E-state index contributed by atoms with van der Waals surface area (Å²) in [7, 11) is -3.17. The zero-order chi connectivity index (χ0) is 12.2. The smallest absolute Gasteiger partial charge is 0.211 e. The topological polar surface area (TPSA) is 46.2 Å². The Morgan fingerprint density at radius 1 is 1.25 bits per heavy atom. The molecule has 0 spiro atoms. The summed E-state index contributed by atoms with van der Waals surface area (Å²) in [5.74, 6) is 0.0943. The van der Waals surface area contributed by atoms with Gasteiger partial charge in [0, 0.05) is 11.1 Å². The van der Waals surface area contributed by atoms with Gasteiger partial charge in [-0.25, -0.2) is 13.1 Å². The van der Waals surface area contributed by atoms with Crippen LogP contribution in [0.2, 0.25) is 5.02 Å². The monoisotopic (exact) mass is 261 g/mol. The van der Waals surface area contributed by atoms with E-state index in [1.165, 1.54) is 0 Å². The van der Waals surface area contributed by atoms with E-state index in [-0.39, 0.29) is 11.8 Å². The molecule has 0 aliphatic heterocycles. The quantitative estimate of drug-likeness (QED) is 0.886. The van der Waals surface area contributed by atoms with E-state index >= 15 is 0 Å². The lowest BCUT2D eigenvalue weighted by atomic mass is 10.1. The van der Waals surface area contributed by atoms with Gasteiger partial charge in [0.05, 0.1) is 5.75 Å². The van der Waals surface area contributed by atoms with Gasteiger partial charge in [-0.3, -0.25) is 0 Å². The van der Waals surface area contributed by atoms with Gasteiger partial charge in [-0.05, 0) is 31.0 Å². The maximum Gasteiger partial charge on any atom is 0.211 e. The summed E-state index contributed by atoms with van der Waals surface area (Å²) in [5, 5.41) is 0.650. The van der Waals surface area contributed by atoms with Crippen molar-refractivity contribution >= 4 is 21.6 Å². The normalized spacial score (nSPS) is 13.7. The highest BCUT2D eigenvalue weighted by molar-refractivity contribution is 7.89. The molecular formula is C11H16ClNO2S. The van der Waals surface area contributed by atoms with Gasteiger partial charge in [0.15, 0.2) is 0 Å². The summed E-state index contributed by atoms with van der Waals surface area (Å²) in [6.07, 6.45) is 0.709. The highest BCUT2D eigenvalue weighted by atomic mass is 35.5. The first-order valence-corrected chi connectivity index (χ1v) is 7.27. The molecule has 0 saturated heterocycles. The molecule has 90 valence electrons. The SMILES string of the molecule is CC[C@H](NS(=O)(=O)CC)c1ccc(Cl)cc1. The van der Waals surface area contributed by atoms with Crippen molar-refractivity contribution in [1.82, 2.24) is 4.72 Å². The van der Waals surface area contributed by atoms with Gasteiger partial charge in [-0.15, -0.1) is 0 Å². The summed E-state index contributed by atoms with van der Waals surface area (Å²) < 4.78 is 25.6. The minimum Gasteiger partial charge on any atom is -0.212 e. The Bertz CT molecular complexity index is 428. The van der Waals surface area contributed by atoms with Gasteiger partial charge < -0.3 is 0 Å². The molecule has 0 amide bonds. The van der Waals surface area contributed by atoms with Crippen LogP contribution in [-0.2, 0) is 10.0 Å². The minimum atomic E-state index is -3.17. The zero-order valence-electron chi connectivity index (χ0n) is 9.40. The highest BCUT2D eigenvalue weighted by Gasteiger charge is 2.15. The summed E-state index contributed by atoms with van der Waals surface area (Å²) in [6, 6.07) is 7.03. The second kappa shape index (κ2) is 5.66. The predicted octanol–water partition coefficient (Wildman–Crippen LogP) is 2.73. The van der Waals surface area contributed by atoms with Crippen molar-refractivity contribution in [1.29, 1.82) is 0 Å². The molecule has 0 aliphatic carbocycles. The van der Waals surface area contributed by atoms with E-state index in [4.69, 9.17) is 11.6 Å². The third-order valence-corrected chi connectivity index (χ3v) is 4.04. The number of sulfonamides is 1. The summed E-state index contributed by atoms with van der Waals surface area (Å²) in [5.41, 5.74) is 0.934. The van der Waals surface area contributed by atoms with Crippen molar-refractivity contribution in [3.05, 3.63) is 34.9 Å². The number of hydrogen-bond acceptors (Lipinski definition) is 2. The largest absolute Gasteiger partial charge is 0.212 e. The lowest BCUT2D eigenvalue weighted by Gasteiger charge is -2.16. The Balaban J connectivity index is 2.87. The second-order valence-corrected chi connectivity index (χ2v) is 6.01. The molecule has 0 unspecified atom stereocenters. The van der Waals surface area contributed by atoms with Crippen LogP contribution in [0.1, 0.15) is 31.9 Å². The number of benzene rings is 1. The minimum absolute atomic E-state index is 0.0943. The van der Waals surface area contributed by atoms with Crippen LogP contribution in [0.4, 0.5) is 0 Å². The predicted molar refractivity (Wildman–Crippen MR) is 67.1 cm³/mol. The van der Waals surface area contributed by atoms with Gasteiger partial charge in [0.2, 0.25) is 10.0 Å². The summed E-state index contributed by atoms with van der Waals surface area (Å²) in [4.78, 5) is 0. The standard InChI is InChI=1S/C11H16ClNO2S/c1-3-11(13-16(14,15)4-2)9-5-7-10(12)8-6-9/h5-8,11,13H,3-4H2,1-2H3/t11-/m0/s1. The van der Waals surface area contributed by atoms with Crippen LogP contribution < -0.4 is 4.72 Å². The zero-order valence-corrected chi connectivity index (χ0v) is 11.0. The van der Waals surface area contributed by atoms with E-state index < -0.39 is 10.0 Å². The maximum atomic E-state index is 11.5. The summed E-state index contributed by atoms with van der Waals surface area (Å²) in [6.45, 7) is 3.56. The molecule has 5 heteroatoms. The Hall–Kier alpha value is -0.580. The van der Waals surface area contributed by atoms with Crippen molar-refractivity contribution in [2.45, 2.75) is 26.3 Å². The highest BCUT2D eigenvalue weighted by Crippen LogP contribution is 2.19. The van der Waals surface area contributed by atoms with Crippen LogP contribution in [0.15, 0.2) is 24.3 Å². The van der Waals surface area contributed by atoms with Crippen LogP contribution in [0.25, 0.3) is 0 Å². The lowest BCUT2D eigenvalue weighted by Crippen LogP contribution is -2.29. The molecule has 3 nitrogen and oxygen atoms in total. The van der Waals surface area contributed by atoms with Crippen molar-refractivity contribution < 1.29 is 8.42 Å². The molecule has 1 aromatic carbocycles. The van der Waals surface area contributed by atoms with E-state index in [0.29, 0.717) is 11.4 Å². The first-order chi connectivity index (χ1) is 7.48. The van der Waals surface area contributed by atoms with E-state index in [1.54, 1.807) is 19.1 Å². The van der Waals surface area contributed by atoms with E-state index in [0.717, 1.165) is 5.56 Å². The first-order valence-electron chi connectivity index (χ1n) is 5.24. The van der Waals surface area contributed by atoms with Crippen molar-refractivity contribution in [3.63, 3.8) is 0 Å². The molecule has 0 aliphatic rings. The average molecular weight is 262 g/mol. The van der Waals surface area contributed by atoms with Gasteiger partial charge in [-0.1, -0.05) is 30.7 Å². The fraction of sp³-hybridized carbons (Fsp3) is 0.455. The van der Waals surface area contributed by atoms with Crippen LogP contribution >= 0.6 is 11.6 Å². The number of nitrogens with one attached hydrogen (secondary N) is 1. The van der Waals surface area contributed by atoms with Crippen LogP contribution in [0, 0.1) is 0 Å². The molecule has 1 N–H and O–H groups in total. The van der Waals surface area contributed by atoms with Crippen LogP contribution in [0.3, 0.4) is 0 Å². The average Bonchev–Trinajstić information content (AvgIpc) is 2.27. The van der Waals surface area contributed by atoms with Crippen molar-refractivity contribution in [2.75, 3.05) is 5.75 Å². The second-order valence-electron chi connectivity index (χ2n) is 3.53. The van der Waals surface area contributed by atoms with Gasteiger partial charge in [-0.2, -0.15) is 0 Å². The Labute approximate surface area is 102 Å². The fourth-order valence-electron chi connectivity index (χ4n) is 1.38. The Kier molecular flexibility index (Phi) is 4.77. The Morgan fingerprint density at radius 3 is 2.25 bits per heavy atom. The van der Waals surface area contributed by atoms with Crippen molar-refractivity contribution in [2.24, 2.45) is 0 Å². The fourth-order valence-corrected chi connectivity index (χ4v) is 2.41. The lowest BCUT2D eigenvalue weighted by molar-refractivity contribution is 0.551. The molecule has 16 heavy (non-hydrogen) atoms. The Morgan fingerprint density at radius 2 is 1.81 bits per heavy atom. The van der Waals surface area contributed by atoms with Gasteiger partial charge in [0.25, 0.3) is 0 Å². The molecule has 0 aromatic heterocycles. The number of rotatable bonds is 5. The molecule has 1 atom stereocenters. The first kappa shape index (κ1) is 13.5. The molecule has 0 fully saturated rings. The number of hydrogen-bond donors (Lipinski definition) is 1. The number of halogens is 1.